The SMILES string of the molecule is CNC(=O)C[C@H](CC(=O)N1CCC(C)(C)C1)c1cc(Cl)ccc1C. The summed E-state index contributed by atoms with van der Waals surface area (Å²) in [5, 5.41) is 3.29. The van der Waals surface area contributed by atoms with Crippen molar-refractivity contribution in [3.05, 3.63) is 34.3 Å². The highest BCUT2D eigenvalue weighted by atomic mass is 35.5. The molecule has 24 heavy (non-hydrogen) atoms. The van der Waals surface area contributed by atoms with Gasteiger partial charge in [-0.05, 0) is 42.0 Å². The van der Waals surface area contributed by atoms with Crippen LogP contribution in [-0.4, -0.2) is 36.9 Å². The predicted octanol–water partition coefficient (Wildman–Crippen LogP) is 3.52. The van der Waals surface area contributed by atoms with Crippen LogP contribution in [0.1, 0.15) is 50.2 Å². The Bertz CT molecular complexity index is 628. The maximum atomic E-state index is 12.7. The summed E-state index contributed by atoms with van der Waals surface area (Å²) >= 11 is 6.14. The average Bonchev–Trinajstić information content (AvgIpc) is 2.89. The van der Waals surface area contributed by atoms with Crippen molar-refractivity contribution in [1.29, 1.82) is 0 Å². The minimum Gasteiger partial charge on any atom is -0.359 e. The van der Waals surface area contributed by atoms with E-state index in [2.05, 4.69) is 19.2 Å². The number of nitrogens with zero attached hydrogens (tertiary/aromatic N) is 1. The second-order valence-electron chi connectivity index (χ2n) is 7.51. The molecule has 1 fully saturated rings. The van der Waals surface area contributed by atoms with Crippen LogP contribution in [-0.2, 0) is 9.59 Å². The van der Waals surface area contributed by atoms with Crippen molar-refractivity contribution in [1.82, 2.24) is 10.2 Å². The highest BCUT2D eigenvalue weighted by Gasteiger charge is 2.33. The number of amides is 2. The number of hydrogen-bond donors (Lipinski definition) is 1. The number of carbonyl (C=O) groups is 2. The third-order valence-corrected chi connectivity index (χ3v) is 5.08. The first-order valence-electron chi connectivity index (χ1n) is 8.46. The highest BCUT2D eigenvalue weighted by molar-refractivity contribution is 6.30. The lowest BCUT2D eigenvalue weighted by molar-refractivity contribution is -0.131. The molecule has 0 aliphatic carbocycles. The molecular formula is C19H27ClN2O2. The van der Waals surface area contributed by atoms with Crippen LogP contribution in [0.5, 0.6) is 0 Å². The number of carbonyl (C=O) groups excluding carboxylic acids is 2. The summed E-state index contributed by atoms with van der Waals surface area (Å²) in [6, 6.07) is 5.66. The molecule has 1 aliphatic heterocycles. The van der Waals surface area contributed by atoms with Crippen LogP contribution in [0.3, 0.4) is 0 Å². The summed E-state index contributed by atoms with van der Waals surface area (Å²) in [5.74, 6) is -0.0948. The molecule has 0 saturated carbocycles. The van der Waals surface area contributed by atoms with Gasteiger partial charge in [-0.2, -0.15) is 0 Å². The zero-order valence-electron chi connectivity index (χ0n) is 15.0. The monoisotopic (exact) mass is 350 g/mol. The molecule has 0 spiro atoms. The van der Waals surface area contributed by atoms with Gasteiger partial charge in [-0.1, -0.05) is 31.5 Å². The number of benzene rings is 1. The summed E-state index contributed by atoms with van der Waals surface area (Å²) in [7, 11) is 1.62. The van der Waals surface area contributed by atoms with Gasteiger partial charge in [0.15, 0.2) is 0 Å². The van der Waals surface area contributed by atoms with Gasteiger partial charge in [-0.25, -0.2) is 0 Å². The van der Waals surface area contributed by atoms with Gasteiger partial charge >= 0.3 is 0 Å². The van der Waals surface area contributed by atoms with Crippen LogP contribution in [0.15, 0.2) is 18.2 Å². The molecule has 5 heteroatoms. The first kappa shape index (κ1) is 18.8. The fraction of sp³-hybridized carbons (Fsp3) is 0.579. The second-order valence-corrected chi connectivity index (χ2v) is 7.95. The van der Waals surface area contributed by atoms with Crippen LogP contribution in [0.25, 0.3) is 0 Å². The van der Waals surface area contributed by atoms with Crippen molar-refractivity contribution in [3.63, 3.8) is 0 Å². The van der Waals surface area contributed by atoms with Crippen molar-refractivity contribution in [2.24, 2.45) is 5.41 Å². The lowest BCUT2D eigenvalue weighted by Gasteiger charge is -2.24. The van der Waals surface area contributed by atoms with E-state index in [9.17, 15) is 9.59 Å². The van der Waals surface area contributed by atoms with E-state index in [1.54, 1.807) is 7.05 Å². The number of nitrogens with one attached hydrogen (secondary N) is 1. The predicted molar refractivity (Wildman–Crippen MR) is 97.2 cm³/mol. The number of hydrogen-bond acceptors (Lipinski definition) is 2. The molecule has 0 aromatic heterocycles. The van der Waals surface area contributed by atoms with Crippen molar-refractivity contribution >= 4 is 23.4 Å². The van der Waals surface area contributed by atoms with E-state index in [-0.39, 0.29) is 23.1 Å². The largest absolute Gasteiger partial charge is 0.359 e. The second kappa shape index (κ2) is 7.56. The number of rotatable bonds is 5. The number of likely N-dealkylation sites (tertiary alicyclic amines) is 1. The Morgan fingerprint density at radius 2 is 2.04 bits per heavy atom. The maximum absolute atomic E-state index is 12.7. The molecule has 0 bridgehead atoms. The molecule has 132 valence electrons. The third kappa shape index (κ3) is 4.73. The number of aryl methyl sites for hydroxylation is 1. The fourth-order valence-corrected chi connectivity index (χ4v) is 3.51. The van der Waals surface area contributed by atoms with Gasteiger partial charge in [0.2, 0.25) is 11.8 Å². The minimum atomic E-state index is -0.153. The lowest BCUT2D eigenvalue weighted by atomic mass is 9.88. The summed E-state index contributed by atoms with van der Waals surface area (Å²) in [6.45, 7) is 7.94. The molecule has 1 atom stereocenters. The van der Waals surface area contributed by atoms with Gasteiger partial charge in [0, 0.05) is 43.9 Å². The van der Waals surface area contributed by atoms with Gasteiger partial charge in [0.25, 0.3) is 0 Å². The summed E-state index contributed by atoms with van der Waals surface area (Å²) < 4.78 is 0. The molecule has 2 amide bonds. The maximum Gasteiger partial charge on any atom is 0.223 e. The zero-order valence-corrected chi connectivity index (χ0v) is 15.7. The van der Waals surface area contributed by atoms with Crippen LogP contribution in [0.4, 0.5) is 0 Å². The van der Waals surface area contributed by atoms with Crippen LogP contribution in [0, 0.1) is 12.3 Å². The van der Waals surface area contributed by atoms with Crippen LogP contribution >= 0.6 is 11.6 Å². The van der Waals surface area contributed by atoms with E-state index < -0.39 is 0 Å². The Kier molecular flexibility index (Phi) is 5.92. The first-order valence-corrected chi connectivity index (χ1v) is 8.84. The zero-order chi connectivity index (χ0) is 17.9. The molecule has 1 N–H and O–H groups in total. The van der Waals surface area contributed by atoms with Gasteiger partial charge < -0.3 is 10.2 Å². The Morgan fingerprint density at radius 3 is 2.62 bits per heavy atom. The molecule has 1 aromatic carbocycles. The Balaban J connectivity index is 2.19. The average molecular weight is 351 g/mol. The Labute approximate surface area is 149 Å². The van der Waals surface area contributed by atoms with E-state index in [4.69, 9.17) is 11.6 Å². The first-order chi connectivity index (χ1) is 11.2. The van der Waals surface area contributed by atoms with Gasteiger partial charge in [-0.3, -0.25) is 9.59 Å². The van der Waals surface area contributed by atoms with E-state index in [1.165, 1.54) is 0 Å². The summed E-state index contributed by atoms with van der Waals surface area (Å²) in [4.78, 5) is 26.6. The van der Waals surface area contributed by atoms with Gasteiger partial charge in [0.05, 0.1) is 0 Å². The summed E-state index contributed by atoms with van der Waals surface area (Å²) in [5.41, 5.74) is 2.22. The van der Waals surface area contributed by atoms with E-state index in [1.807, 2.05) is 30.0 Å². The van der Waals surface area contributed by atoms with Crippen molar-refractivity contribution in [3.8, 4) is 0 Å². The molecule has 1 saturated heterocycles. The molecule has 1 aliphatic rings. The molecular weight excluding hydrogens is 324 g/mol. The molecule has 2 rings (SSSR count). The fourth-order valence-electron chi connectivity index (χ4n) is 3.33. The summed E-state index contributed by atoms with van der Waals surface area (Å²) in [6.07, 6.45) is 1.65. The Hall–Kier alpha value is -1.55. The van der Waals surface area contributed by atoms with Crippen molar-refractivity contribution in [2.45, 2.75) is 46.0 Å². The Morgan fingerprint density at radius 1 is 1.33 bits per heavy atom. The molecule has 1 heterocycles. The van der Waals surface area contributed by atoms with E-state index in [0.29, 0.717) is 17.9 Å². The lowest BCUT2D eigenvalue weighted by Crippen LogP contribution is -2.32. The van der Waals surface area contributed by atoms with Crippen molar-refractivity contribution < 1.29 is 9.59 Å². The molecule has 0 radical (unpaired) electrons. The van der Waals surface area contributed by atoms with Gasteiger partial charge in [0.1, 0.15) is 0 Å². The van der Waals surface area contributed by atoms with Crippen molar-refractivity contribution in [2.75, 3.05) is 20.1 Å². The molecule has 1 aromatic rings. The number of halogens is 1. The van der Waals surface area contributed by atoms with Crippen LogP contribution in [0.2, 0.25) is 5.02 Å². The normalized spacial score (nSPS) is 17.6. The highest BCUT2D eigenvalue weighted by Crippen LogP contribution is 2.33. The topological polar surface area (TPSA) is 49.4 Å². The molecule has 0 unspecified atom stereocenters. The van der Waals surface area contributed by atoms with Crippen LogP contribution < -0.4 is 5.32 Å². The van der Waals surface area contributed by atoms with E-state index in [0.717, 1.165) is 30.6 Å². The molecule has 4 nitrogen and oxygen atoms in total. The van der Waals surface area contributed by atoms with Gasteiger partial charge in [-0.15, -0.1) is 0 Å². The smallest absolute Gasteiger partial charge is 0.223 e. The standard InChI is InChI=1S/C19H27ClN2O2/c1-13-5-6-15(20)11-16(13)14(9-17(23)21-4)10-18(24)22-8-7-19(2,3)12-22/h5-6,11,14H,7-10,12H2,1-4H3,(H,21,23)/t14-/m1/s1. The quantitative estimate of drug-likeness (QED) is 0.883. The third-order valence-electron chi connectivity index (χ3n) is 4.84. The minimum absolute atomic E-state index is 0.0612. The van der Waals surface area contributed by atoms with E-state index >= 15 is 0 Å².